The molecule has 0 spiro atoms. The zero-order chi connectivity index (χ0) is 30.3. The molecule has 1 aromatic heterocycles. The van der Waals surface area contributed by atoms with Crippen molar-refractivity contribution in [3.63, 3.8) is 0 Å². The summed E-state index contributed by atoms with van der Waals surface area (Å²) in [6, 6.07) is 10.2. The predicted octanol–water partition coefficient (Wildman–Crippen LogP) is 5.10. The fourth-order valence-corrected chi connectivity index (χ4v) is 17.4. The Labute approximate surface area is 244 Å². The number of rotatable bonds is 7. The van der Waals surface area contributed by atoms with E-state index in [0.29, 0.717) is 5.56 Å². The molecule has 1 aromatic carbocycles. The molecule has 0 aliphatic carbocycles. The molecule has 2 N–H and O–H groups in total. The molecule has 2 fully saturated rings. The number of carbonyl (C=O) groups is 1. The Morgan fingerprint density at radius 1 is 1.00 bits per heavy atom. The smallest absolute Gasteiger partial charge is 0.351 e. The minimum Gasteiger partial charge on any atom is -0.414 e. The van der Waals surface area contributed by atoms with E-state index < -0.39 is 46.8 Å². The first-order valence-electron chi connectivity index (χ1n) is 14.5. The Bertz CT molecular complexity index is 1270. The van der Waals surface area contributed by atoms with Crippen molar-refractivity contribution in [2.45, 2.75) is 109 Å². The van der Waals surface area contributed by atoms with Crippen LogP contribution >= 0.6 is 0 Å². The molecular formula is C29H45N3O7Si2. The fraction of sp³-hybridized carbons (Fsp3) is 0.621. The molecule has 41 heavy (non-hydrogen) atoms. The predicted molar refractivity (Wildman–Crippen MR) is 161 cm³/mol. The van der Waals surface area contributed by atoms with Crippen LogP contribution in [0, 0.1) is 0 Å². The number of fused-ring (bicyclic) bond motifs is 1. The van der Waals surface area contributed by atoms with E-state index in [2.05, 4.69) is 65.7 Å². The lowest BCUT2D eigenvalue weighted by Gasteiger charge is -2.52. The SMILES string of the molecule is CC(C)[Si]1(C(C)C)OC[C@H]2O[C@@H](n3ccc(NC(=O)c4ccccc4)nc3=O)C(C)(O)[C@H]2O[Si](C(C)C)(C(C)C)O1. The number of hydrogen-bond donors (Lipinski definition) is 2. The van der Waals surface area contributed by atoms with Crippen molar-refractivity contribution in [1.29, 1.82) is 0 Å². The topological polar surface area (TPSA) is 121 Å². The number of nitrogens with zero attached hydrogens (tertiary/aromatic N) is 2. The van der Waals surface area contributed by atoms with Crippen molar-refractivity contribution < 1.29 is 27.6 Å². The van der Waals surface area contributed by atoms with Crippen LogP contribution in [0.25, 0.3) is 0 Å². The number of aliphatic hydroxyl groups is 1. The second-order valence-corrected chi connectivity index (χ2v) is 21.4. The maximum Gasteiger partial charge on any atom is 0.351 e. The highest BCUT2D eigenvalue weighted by Crippen LogP contribution is 2.50. The number of carbonyl (C=O) groups excluding carboxylic acids is 1. The summed E-state index contributed by atoms with van der Waals surface area (Å²) >= 11 is 0. The van der Waals surface area contributed by atoms with Gasteiger partial charge in [0.2, 0.25) is 0 Å². The van der Waals surface area contributed by atoms with Gasteiger partial charge in [0.25, 0.3) is 5.91 Å². The molecule has 0 saturated carbocycles. The summed E-state index contributed by atoms with van der Waals surface area (Å²) in [4.78, 5) is 29.9. The van der Waals surface area contributed by atoms with E-state index in [1.807, 2.05) is 6.07 Å². The maximum absolute atomic E-state index is 13.2. The zero-order valence-corrected chi connectivity index (χ0v) is 27.6. The largest absolute Gasteiger partial charge is 0.414 e. The molecule has 4 rings (SSSR count). The Morgan fingerprint density at radius 2 is 1.59 bits per heavy atom. The van der Waals surface area contributed by atoms with E-state index in [-0.39, 0.29) is 40.5 Å². The van der Waals surface area contributed by atoms with Crippen LogP contribution in [0.2, 0.25) is 22.2 Å². The second-order valence-electron chi connectivity index (χ2n) is 12.6. The summed E-state index contributed by atoms with van der Waals surface area (Å²) in [5, 5.41) is 14.6. The molecule has 2 aromatic rings. The van der Waals surface area contributed by atoms with Gasteiger partial charge in [-0.15, -0.1) is 0 Å². The molecule has 2 aliphatic heterocycles. The summed E-state index contributed by atoms with van der Waals surface area (Å²) in [6.07, 6.45) is -1.03. The lowest BCUT2D eigenvalue weighted by atomic mass is 9.96. The highest BCUT2D eigenvalue weighted by Gasteiger charge is 2.64. The first kappa shape index (κ1) is 31.7. The van der Waals surface area contributed by atoms with Gasteiger partial charge >= 0.3 is 22.8 Å². The van der Waals surface area contributed by atoms with Gasteiger partial charge in [0, 0.05) is 11.8 Å². The first-order chi connectivity index (χ1) is 19.2. The highest BCUT2D eigenvalue weighted by atomic mass is 28.5. The normalized spacial score (nSPS) is 27.6. The molecule has 0 radical (unpaired) electrons. The molecule has 4 atom stereocenters. The summed E-state index contributed by atoms with van der Waals surface area (Å²) in [5.41, 5.74) is -1.36. The van der Waals surface area contributed by atoms with Gasteiger partial charge in [-0.3, -0.25) is 9.36 Å². The van der Waals surface area contributed by atoms with Crippen LogP contribution in [-0.2, 0) is 17.7 Å². The molecule has 2 saturated heterocycles. The first-order valence-corrected chi connectivity index (χ1v) is 18.4. The van der Waals surface area contributed by atoms with E-state index >= 15 is 0 Å². The fourth-order valence-electron chi connectivity index (χ4n) is 6.12. The van der Waals surface area contributed by atoms with Crippen molar-refractivity contribution >= 4 is 28.8 Å². The molecule has 1 amide bonds. The lowest BCUT2D eigenvalue weighted by Crippen LogP contribution is -2.67. The monoisotopic (exact) mass is 603 g/mol. The number of amides is 1. The van der Waals surface area contributed by atoms with Crippen LogP contribution in [-0.4, -0.2) is 62.1 Å². The maximum atomic E-state index is 13.2. The van der Waals surface area contributed by atoms with Crippen LogP contribution in [0.1, 0.15) is 78.9 Å². The summed E-state index contributed by atoms with van der Waals surface area (Å²) in [5.74, 6) is -0.275. The quantitative estimate of drug-likeness (QED) is 0.420. The van der Waals surface area contributed by atoms with Gasteiger partial charge in [0.05, 0.1) is 6.61 Å². The van der Waals surface area contributed by atoms with Gasteiger partial charge in [-0.1, -0.05) is 73.6 Å². The average molecular weight is 604 g/mol. The number of aromatic nitrogens is 2. The molecular weight excluding hydrogens is 559 g/mol. The third-order valence-corrected chi connectivity index (χ3v) is 18.6. The third-order valence-electron chi connectivity index (χ3n) is 8.40. The Kier molecular flexibility index (Phi) is 9.15. The summed E-state index contributed by atoms with van der Waals surface area (Å²) < 4.78 is 28.6. The van der Waals surface area contributed by atoms with E-state index in [9.17, 15) is 14.7 Å². The Morgan fingerprint density at radius 3 is 2.12 bits per heavy atom. The van der Waals surface area contributed by atoms with Gasteiger partial charge < -0.3 is 28.1 Å². The van der Waals surface area contributed by atoms with E-state index in [1.54, 1.807) is 31.2 Å². The van der Waals surface area contributed by atoms with Gasteiger partial charge in [0.1, 0.15) is 23.6 Å². The number of anilines is 1. The number of hydrogen-bond acceptors (Lipinski definition) is 8. The lowest BCUT2D eigenvalue weighted by molar-refractivity contribution is -0.0973. The molecule has 12 heteroatoms. The molecule has 2 aliphatic rings. The summed E-state index contributed by atoms with van der Waals surface area (Å²) in [6.45, 7) is 18.8. The molecule has 10 nitrogen and oxygen atoms in total. The van der Waals surface area contributed by atoms with Gasteiger partial charge in [0.15, 0.2) is 6.23 Å². The number of nitrogens with one attached hydrogen (secondary N) is 1. The van der Waals surface area contributed by atoms with Gasteiger partial charge in [-0.05, 0) is 47.3 Å². The Balaban J connectivity index is 1.69. The minimum absolute atomic E-state index is 0.0703. The van der Waals surface area contributed by atoms with Gasteiger partial charge in [-0.25, -0.2) is 4.79 Å². The molecule has 226 valence electrons. The molecule has 1 unspecified atom stereocenters. The van der Waals surface area contributed by atoms with Crippen molar-refractivity contribution in [3.05, 3.63) is 58.6 Å². The van der Waals surface area contributed by atoms with E-state index in [0.717, 1.165) is 0 Å². The standard InChI is InChI=1S/C29H45N3O7Si2/c1-18(2)40(19(3)4)36-17-23-25(38-41(39-40,20(5)6)21(7)8)29(9,35)27(37-23)32-16-15-24(31-28(32)34)30-26(33)22-13-11-10-12-14-22/h10-16,18-21,23,25,27,35H,17H2,1-9H3,(H,30,31,33,34)/t23-,25+,27-,29?/m1/s1. The third kappa shape index (κ3) is 5.75. The zero-order valence-electron chi connectivity index (χ0n) is 25.6. The highest BCUT2D eigenvalue weighted by molar-refractivity contribution is 6.84. The molecule has 3 heterocycles. The van der Waals surface area contributed by atoms with Crippen molar-refractivity contribution in [3.8, 4) is 0 Å². The van der Waals surface area contributed by atoms with Crippen LogP contribution in [0.5, 0.6) is 0 Å². The van der Waals surface area contributed by atoms with Crippen LogP contribution < -0.4 is 11.0 Å². The molecule has 0 bridgehead atoms. The Hall–Kier alpha value is -2.20. The van der Waals surface area contributed by atoms with E-state index in [1.165, 1.54) is 16.8 Å². The minimum atomic E-state index is -3.01. The van der Waals surface area contributed by atoms with Crippen LogP contribution in [0.4, 0.5) is 5.82 Å². The number of benzene rings is 1. The van der Waals surface area contributed by atoms with Gasteiger partial charge in [-0.2, -0.15) is 4.98 Å². The van der Waals surface area contributed by atoms with Crippen molar-refractivity contribution in [2.24, 2.45) is 0 Å². The summed E-state index contributed by atoms with van der Waals surface area (Å²) in [7, 11) is -5.81. The van der Waals surface area contributed by atoms with Crippen LogP contribution in [0.15, 0.2) is 47.4 Å². The average Bonchev–Trinajstić information content (AvgIpc) is 3.12. The van der Waals surface area contributed by atoms with E-state index in [4.69, 9.17) is 17.7 Å². The second kappa shape index (κ2) is 11.8. The van der Waals surface area contributed by atoms with Crippen LogP contribution in [0.3, 0.4) is 0 Å². The number of ether oxygens (including phenoxy) is 1. The van der Waals surface area contributed by atoms with Crippen molar-refractivity contribution in [2.75, 3.05) is 11.9 Å². The van der Waals surface area contributed by atoms with Crippen molar-refractivity contribution in [1.82, 2.24) is 9.55 Å².